The second-order valence-electron chi connectivity index (χ2n) is 10.9. The Morgan fingerprint density at radius 1 is 0.703 bits per heavy atom. The van der Waals surface area contributed by atoms with Gasteiger partial charge in [0.15, 0.2) is 37.7 Å². The molecular formula is C28H25N5Na4O21S6. The van der Waals surface area contributed by atoms with Gasteiger partial charge in [-0.1, -0.05) is 0 Å². The number of ether oxygens (including phenoxy) is 2. The SMILES string of the molecule is COc1cc(S(=O)(=O)CCOSOO[O-])c(OC)cc1N=Nc1c(SOO[O-])cc2cc(S(=O)(=O)[O-])c(N=Nc3ccc(S(=O)(=O)CCOS(=O)(=O)[O-])cc3)c(N)c2c1O.[Na+].[Na+].[Na+].[Na+]. The van der Waals surface area contributed by atoms with E-state index in [4.69, 9.17) is 19.4 Å². The van der Waals surface area contributed by atoms with Gasteiger partial charge in [0.1, 0.15) is 43.6 Å². The van der Waals surface area contributed by atoms with Gasteiger partial charge in [-0.2, -0.15) is 9.45 Å². The Labute approximate surface area is 461 Å². The summed E-state index contributed by atoms with van der Waals surface area (Å²) in [6.07, 6.45) is 0. The summed E-state index contributed by atoms with van der Waals surface area (Å²) in [6.45, 7) is -1.42. The third-order valence-electron chi connectivity index (χ3n) is 7.37. The summed E-state index contributed by atoms with van der Waals surface area (Å²) in [6, 6.07) is 8.15. The molecule has 4 aromatic rings. The number of azo groups is 2. The number of rotatable bonds is 22. The average molecular weight is 1050 g/mol. The quantitative estimate of drug-likeness (QED) is 0.00849. The molecule has 4 aromatic carbocycles. The summed E-state index contributed by atoms with van der Waals surface area (Å²) in [4.78, 5) is -2.07. The van der Waals surface area contributed by atoms with Gasteiger partial charge in [0.25, 0.3) is 0 Å². The summed E-state index contributed by atoms with van der Waals surface area (Å²) in [5.41, 5.74) is 3.98. The monoisotopic (exact) mass is 1050 g/mol. The van der Waals surface area contributed by atoms with Gasteiger partial charge in [0.05, 0.1) is 82.4 Å². The van der Waals surface area contributed by atoms with Crippen molar-refractivity contribution >= 4 is 104 Å². The predicted molar refractivity (Wildman–Crippen MR) is 196 cm³/mol. The van der Waals surface area contributed by atoms with Gasteiger partial charge in [-0.3, -0.25) is 18.4 Å². The van der Waals surface area contributed by atoms with Crippen LogP contribution in [0.15, 0.2) is 88.6 Å². The van der Waals surface area contributed by atoms with Crippen molar-refractivity contribution in [2.45, 2.75) is 19.6 Å². The molecule has 0 bridgehead atoms. The van der Waals surface area contributed by atoms with Gasteiger partial charge in [-0.15, -0.1) is 19.7 Å². The van der Waals surface area contributed by atoms with E-state index in [-0.39, 0.29) is 191 Å². The summed E-state index contributed by atoms with van der Waals surface area (Å²) >= 11 is 0.247. The molecular weight excluding hydrogens is 1030 g/mol. The zero-order valence-corrected chi connectivity index (χ0v) is 46.8. The van der Waals surface area contributed by atoms with Crippen LogP contribution >= 0.6 is 24.4 Å². The Balaban J connectivity index is 0.00000992. The van der Waals surface area contributed by atoms with Crippen molar-refractivity contribution in [2.75, 3.05) is 44.7 Å². The number of nitrogens with two attached hydrogens (primary N) is 1. The molecule has 0 fully saturated rings. The van der Waals surface area contributed by atoms with Crippen LogP contribution < -0.4 is 144 Å². The van der Waals surface area contributed by atoms with Crippen molar-refractivity contribution in [3.63, 3.8) is 0 Å². The maximum Gasteiger partial charge on any atom is 1.00 e. The van der Waals surface area contributed by atoms with Crippen molar-refractivity contribution in [1.29, 1.82) is 0 Å². The van der Waals surface area contributed by atoms with E-state index in [9.17, 15) is 58.4 Å². The minimum Gasteiger partial charge on any atom is -0.744 e. The minimum atomic E-state index is -5.41. The van der Waals surface area contributed by atoms with E-state index in [2.05, 4.69) is 43.4 Å². The van der Waals surface area contributed by atoms with Crippen LogP contribution in [0, 0.1) is 0 Å². The second kappa shape index (κ2) is 28.3. The number of hydrogen-bond acceptors (Lipinski definition) is 28. The van der Waals surface area contributed by atoms with Gasteiger partial charge in [0, 0.05) is 12.1 Å². The van der Waals surface area contributed by atoms with Gasteiger partial charge < -0.3 is 39.9 Å². The number of aromatic hydroxyl groups is 1. The molecule has 0 aromatic heterocycles. The Morgan fingerprint density at radius 3 is 1.86 bits per heavy atom. The Kier molecular flexibility index (Phi) is 28.2. The standard InChI is InChI=1S/C28H29N5O21S6.4Na/c1-47-19-14-22(58(39,40)9-7-49-56-54-52-36)20(48-2)13-18(19)31-32-26-21(55-53-51-35)11-15-12-23(59(41,42)43)27(25(29)24(15)28(26)34)33-30-16-3-5-17(6-4-16)57(37,38)10-8-50-60(44,45)46;;;;/h3-6,11-14,34-36H,7-10,29H2,1-2H3,(H,41,42,43)(H,44,45,46);;;;/q;4*+1/p-4. The molecule has 36 heteroatoms. The summed E-state index contributed by atoms with van der Waals surface area (Å²) in [5.74, 6) is -2.85. The first kappa shape index (κ1) is 63.6. The number of phenols is 1. The van der Waals surface area contributed by atoms with Crippen molar-refractivity contribution in [1.82, 2.24) is 0 Å². The fraction of sp³-hybridized carbons (Fsp3) is 0.214. The van der Waals surface area contributed by atoms with Crippen LogP contribution in [0.1, 0.15) is 0 Å². The third kappa shape index (κ3) is 17.6. The number of nitrogen functional groups attached to an aromatic ring is 1. The molecule has 0 aliphatic carbocycles. The topological polar surface area (TPSA) is 398 Å². The fourth-order valence-electron chi connectivity index (χ4n) is 4.80. The molecule has 0 aliphatic rings. The summed E-state index contributed by atoms with van der Waals surface area (Å²) in [5, 5.41) is 53.6. The van der Waals surface area contributed by atoms with Crippen LogP contribution in [0.3, 0.4) is 0 Å². The van der Waals surface area contributed by atoms with Gasteiger partial charge in [-0.05, 0) is 41.8 Å². The molecule has 26 nitrogen and oxygen atoms in total. The van der Waals surface area contributed by atoms with E-state index < -0.39 is 92.6 Å². The molecule has 0 radical (unpaired) electrons. The number of benzene rings is 4. The first-order valence-electron chi connectivity index (χ1n) is 15.4. The second-order valence-corrected chi connectivity index (χ2v) is 18.8. The molecule has 0 saturated carbocycles. The number of methoxy groups -OCH3 is 2. The zero-order valence-electron chi connectivity index (χ0n) is 33.9. The van der Waals surface area contributed by atoms with E-state index in [0.717, 1.165) is 62.8 Å². The van der Waals surface area contributed by atoms with Crippen molar-refractivity contribution < 1.29 is 213 Å². The molecule has 0 aliphatic heterocycles. The fourth-order valence-corrected chi connectivity index (χ4v) is 9.01. The number of phenolic OH excluding ortho intramolecular Hbond substituents is 1. The van der Waals surface area contributed by atoms with Crippen molar-refractivity contribution in [3.05, 3.63) is 48.5 Å². The molecule has 0 spiro atoms. The first-order chi connectivity index (χ1) is 28.2. The molecule has 0 saturated heterocycles. The molecule has 0 amide bonds. The maximum atomic E-state index is 13.1. The minimum absolute atomic E-state index is 0. The molecule has 328 valence electrons. The van der Waals surface area contributed by atoms with Crippen LogP contribution in [0.4, 0.5) is 28.4 Å². The van der Waals surface area contributed by atoms with Gasteiger partial charge >= 0.3 is 118 Å². The number of nitrogens with zero attached hydrogens (tertiary/aromatic N) is 4. The van der Waals surface area contributed by atoms with Crippen molar-refractivity contribution in [2.24, 2.45) is 20.5 Å². The summed E-state index contributed by atoms with van der Waals surface area (Å²) < 4.78 is 148. The van der Waals surface area contributed by atoms with E-state index >= 15 is 0 Å². The number of hydrogen-bond donors (Lipinski definition) is 2. The first-order valence-corrected chi connectivity index (χ1v) is 22.8. The summed E-state index contributed by atoms with van der Waals surface area (Å²) in [7, 11) is -16.6. The number of sulfone groups is 2. The number of anilines is 1. The van der Waals surface area contributed by atoms with E-state index in [1.807, 2.05) is 0 Å². The molecule has 3 N–H and O–H groups in total. The average Bonchev–Trinajstić information content (AvgIpc) is 3.17. The molecule has 0 heterocycles. The predicted octanol–water partition coefficient (Wildman–Crippen LogP) is -10.0. The normalized spacial score (nSPS) is 12.0. The van der Waals surface area contributed by atoms with Crippen LogP contribution in [0.25, 0.3) is 10.8 Å². The third-order valence-corrected chi connectivity index (χ3v) is 13.1. The van der Waals surface area contributed by atoms with E-state index in [1.54, 1.807) is 0 Å². The van der Waals surface area contributed by atoms with E-state index in [1.165, 1.54) is 0 Å². The van der Waals surface area contributed by atoms with Crippen LogP contribution in [0.2, 0.25) is 0 Å². The van der Waals surface area contributed by atoms with E-state index in [0.29, 0.717) is 0 Å². The van der Waals surface area contributed by atoms with Crippen molar-refractivity contribution in [3.8, 4) is 17.2 Å². The largest absolute Gasteiger partial charge is 1.00 e. The molecule has 0 atom stereocenters. The molecule has 0 unspecified atom stereocenters. The Morgan fingerprint density at radius 2 is 1.30 bits per heavy atom. The van der Waals surface area contributed by atoms with Crippen LogP contribution in [0.5, 0.6) is 17.2 Å². The zero-order chi connectivity index (χ0) is 44.5. The Bertz CT molecular complexity index is 2740. The number of fused-ring (bicyclic) bond motifs is 1. The maximum absolute atomic E-state index is 13.1. The van der Waals surface area contributed by atoms with Crippen LogP contribution in [-0.4, -0.2) is 86.8 Å². The Hall–Kier alpha value is -0.360. The molecule has 4 rings (SSSR count). The molecule has 64 heavy (non-hydrogen) atoms. The van der Waals surface area contributed by atoms with Gasteiger partial charge in [-0.25, -0.2) is 33.7 Å². The van der Waals surface area contributed by atoms with Crippen LogP contribution in [-0.2, 0) is 67.3 Å². The van der Waals surface area contributed by atoms with Gasteiger partial charge in [0.2, 0.25) is 10.4 Å². The smallest absolute Gasteiger partial charge is 0.744 e.